The number of furan rings is 1. The first-order valence-electron chi connectivity index (χ1n) is 6.61. The Labute approximate surface area is 119 Å². The SMILES string of the molecule is Cc1cc(CNC(C)C)ccc1Sc1ccoc1C. The normalized spacial score (nSPS) is 11.2. The zero-order chi connectivity index (χ0) is 13.8. The minimum atomic E-state index is 0.517. The third kappa shape index (κ3) is 3.88. The first-order chi connectivity index (χ1) is 9.06. The molecule has 1 aromatic heterocycles. The Kier molecular flexibility index (Phi) is 4.72. The van der Waals surface area contributed by atoms with E-state index >= 15 is 0 Å². The zero-order valence-electron chi connectivity index (χ0n) is 12.0. The summed E-state index contributed by atoms with van der Waals surface area (Å²) in [5, 5.41) is 3.44. The number of aryl methyl sites for hydroxylation is 2. The van der Waals surface area contributed by atoms with Crippen LogP contribution in [0.3, 0.4) is 0 Å². The first kappa shape index (κ1) is 14.2. The fourth-order valence-electron chi connectivity index (χ4n) is 1.86. The summed E-state index contributed by atoms with van der Waals surface area (Å²) in [7, 11) is 0. The van der Waals surface area contributed by atoms with Crippen molar-refractivity contribution in [1.29, 1.82) is 0 Å². The fraction of sp³-hybridized carbons (Fsp3) is 0.375. The summed E-state index contributed by atoms with van der Waals surface area (Å²) in [6.45, 7) is 9.42. The van der Waals surface area contributed by atoms with Gasteiger partial charge in [-0.1, -0.05) is 37.7 Å². The van der Waals surface area contributed by atoms with E-state index in [0.29, 0.717) is 6.04 Å². The third-order valence-electron chi connectivity index (χ3n) is 2.98. The second-order valence-electron chi connectivity index (χ2n) is 5.08. The highest BCUT2D eigenvalue weighted by atomic mass is 32.2. The second kappa shape index (κ2) is 6.31. The van der Waals surface area contributed by atoms with Gasteiger partial charge in [0.15, 0.2) is 0 Å². The molecule has 0 aliphatic heterocycles. The minimum absolute atomic E-state index is 0.517. The van der Waals surface area contributed by atoms with E-state index in [9.17, 15) is 0 Å². The smallest absolute Gasteiger partial charge is 0.114 e. The number of nitrogens with one attached hydrogen (secondary N) is 1. The summed E-state index contributed by atoms with van der Waals surface area (Å²) in [6.07, 6.45) is 1.74. The van der Waals surface area contributed by atoms with Crippen molar-refractivity contribution in [3.05, 3.63) is 47.4 Å². The highest BCUT2D eigenvalue weighted by Crippen LogP contribution is 2.33. The summed E-state index contributed by atoms with van der Waals surface area (Å²) >= 11 is 1.77. The maximum atomic E-state index is 5.33. The van der Waals surface area contributed by atoms with Gasteiger partial charge in [-0.05, 0) is 37.1 Å². The van der Waals surface area contributed by atoms with Gasteiger partial charge in [-0.2, -0.15) is 0 Å². The van der Waals surface area contributed by atoms with Gasteiger partial charge < -0.3 is 9.73 Å². The molecule has 2 rings (SSSR count). The third-order valence-corrected chi connectivity index (χ3v) is 4.31. The average molecular weight is 275 g/mol. The summed E-state index contributed by atoms with van der Waals surface area (Å²) < 4.78 is 5.33. The minimum Gasteiger partial charge on any atom is -0.468 e. The van der Waals surface area contributed by atoms with E-state index in [0.717, 1.165) is 12.3 Å². The number of hydrogen-bond donors (Lipinski definition) is 1. The van der Waals surface area contributed by atoms with Gasteiger partial charge >= 0.3 is 0 Å². The average Bonchev–Trinajstić information content (AvgIpc) is 2.75. The quantitative estimate of drug-likeness (QED) is 0.867. The van der Waals surface area contributed by atoms with E-state index < -0.39 is 0 Å². The molecular formula is C16H21NOS. The van der Waals surface area contributed by atoms with E-state index in [4.69, 9.17) is 4.42 Å². The molecule has 1 N–H and O–H groups in total. The van der Waals surface area contributed by atoms with Crippen LogP contribution >= 0.6 is 11.8 Å². The van der Waals surface area contributed by atoms with Crippen molar-refractivity contribution in [2.75, 3.05) is 0 Å². The molecule has 3 heteroatoms. The molecule has 2 aromatic rings. The number of rotatable bonds is 5. The monoisotopic (exact) mass is 275 g/mol. The molecule has 0 atom stereocenters. The van der Waals surface area contributed by atoms with Crippen LogP contribution in [0.5, 0.6) is 0 Å². The largest absolute Gasteiger partial charge is 0.468 e. The van der Waals surface area contributed by atoms with Crippen LogP contribution in [-0.4, -0.2) is 6.04 Å². The van der Waals surface area contributed by atoms with Crippen LogP contribution in [0, 0.1) is 13.8 Å². The Hall–Kier alpha value is -1.19. The molecule has 0 aliphatic carbocycles. The number of benzene rings is 1. The summed E-state index contributed by atoms with van der Waals surface area (Å²) in [5.41, 5.74) is 2.65. The van der Waals surface area contributed by atoms with Gasteiger partial charge in [-0.3, -0.25) is 0 Å². The Morgan fingerprint density at radius 1 is 1.16 bits per heavy atom. The summed E-state index contributed by atoms with van der Waals surface area (Å²) in [6, 6.07) is 9.19. The highest BCUT2D eigenvalue weighted by molar-refractivity contribution is 7.99. The van der Waals surface area contributed by atoms with Crippen LogP contribution in [0.25, 0.3) is 0 Å². The molecule has 0 amide bonds. The van der Waals surface area contributed by atoms with Crippen LogP contribution in [0.2, 0.25) is 0 Å². The Balaban J connectivity index is 2.09. The lowest BCUT2D eigenvalue weighted by molar-refractivity contribution is 0.527. The van der Waals surface area contributed by atoms with E-state index in [1.165, 1.54) is 20.9 Å². The van der Waals surface area contributed by atoms with Crippen LogP contribution in [0.4, 0.5) is 0 Å². The highest BCUT2D eigenvalue weighted by Gasteiger charge is 2.07. The summed E-state index contributed by atoms with van der Waals surface area (Å²) in [5.74, 6) is 0.981. The van der Waals surface area contributed by atoms with Gasteiger partial charge in [0.2, 0.25) is 0 Å². The summed E-state index contributed by atoms with van der Waals surface area (Å²) in [4.78, 5) is 2.48. The molecule has 1 heterocycles. The molecule has 0 radical (unpaired) electrons. The fourth-order valence-corrected chi connectivity index (χ4v) is 2.76. The molecule has 0 saturated carbocycles. The predicted molar refractivity (Wildman–Crippen MR) is 80.7 cm³/mol. The predicted octanol–water partition coefficient (Wildman–Crippen LogP) is 4.55. The van der Waals surface area contributed by atoms with Crippen molar-refractivity contribution in [1.82, 2.24) is 5.32 Å². The van der Waals surface area contributed by atoms with E-state index in [2.05, 4.69) is 44.3 Å². The van der Waals surface area contributed by atoms with Crippen molar-refractivity contribution < 1.29 is 4.42 Å². The van der Waals surface area contributed by atoms with Crippen LogP contribution in [0.1, 0.15) is 30.7 Å². The van der Waals surface area contributed by atoms with Gasteiger partial charge in [-0.15, -0.1) is 0 Å². The van der Waals surface area contributed by atoms with Crippen LogP contribution in [0.15, 0.2) is 44.7 Å². The molecule has 0 saturated heterocycles. The topological polar surface area (TPSA) is 25.2 Å². The van der Waals surface area contributed by atoms with Crippen molar-refractivity contribution in [3.63, 3.8) is 0 Å². The van der Waals surface area contributed by atoms with E-state index in [1.807, 2.05) is 13.0 Å². The first-order valence-corrected chi connectivity index (χ1v) is 7.43. The molecule has 0 fully saturated rings. The number of hydrogen-bond acceptors (Lipinski definition) is 3. The second-order valence-corrected chi connectivity index (χ2v) is 6.16. The molecule has 1 aromatic carbocycles. The lowest BCUT2D eigenvalue weighted by Crippen LogP contribution is -2.21. The molecule has 0 spiro atoms. The van der Waals surface area contributed by atoms with Crippen LogP contribution < -0.4 is 5.32 Å². The van der Waals surface area contributed by atoms with Gasteiger partial charge in [0.1, 0.15) is 5.76 Å². The molecule has 0 aliphatic rings. The molecule has 19 heavy (non-hydrogen) atoms. The van der Waals surface area contributed by atoms with Crippen molar-refractivity contribution in [2.45, 2.75) is 50.1 Å². The maximum Gasteiger partial charge on any atom is 0.114 e. The van der Waals surface area contributed by atoms with E-state index in [1.54, 1.807) is 18.0 Å². The zero-order valence-corrected chi connectivity index (χ0v) is 12.8. The maximum absolute atomic E-state index is 5.33. The van der Waals surface area contributed by atoms with Gasteiger partial charge in [0.25, 0.3) is 0 Å². The van der Waals surface area contributed by atoms with Crippen LogP contribution in [-0.2, 0) is 6.54 Å². The Morgan fingerprint density at radius 2 is 1.95 bits per heavy atom. The molecule has 2 nitrogen and oxygen atoms in total. The Morgan fingerprint density at radius 3 is 2.53 bits per heavy atom. The van der Waals surface area contributed by atoms with Gasteiger partial charge in [-0.25, -0.2) is 0 Å². The van der Waals surface area contributed by atoms with E-state index in [-0.39, 0.29) is 0 Å². The molecule has 0 unspecified atom stereocenters. The van der Waals surface area contributed by atoms with Crippen molar-refractivity contribution in [2.24, 2.45) is 0 Å². The standard InChI is InChI=1S/C16H21NOS/c1-11(2)17-10-14-5-6-15(12(3)9-14)19-16-7-8-18-13(16)4/h5-9,11,17H,10H2,1-4H3. The lowest BCUT2D eigenvalue weighted by Gasteiger charge is -2.11. The molecule has 102 valence electrons. The Bertz CT molecular complexity index is 545. The molecular weight excluding hydrogens is 254 g/mol. The lowest BCUT2D eigenvalue weighted by atomic mass is 10.1. The van der Waals surface area contributed by atoms with Gasteiger partial charge in [0.05, 0.1) is 11.2 Å². The van der Waals surface area contributed by atoms with Gasteiger partial charge in [0, 0.05) is 17.5 Å². The molecule has 0 bridgehead atoms. The van der Waals surface area contributed by atoms with Crippen molar-refractivity contribution >= 4 is 11.8 Å². The van der Waals surface area contributed by atoms with Crippen molar-refractivity contribution in [3.8, 4) is 0 Å².